The molecule has 2 nitrogen and oxygen atoms in total. The van der Waals surface area contributed by atoms with Gasteiger partial charge in [-0.05, 0) is 56.7 Å². The highest BCUT2D eigenvalue weighted by Crippen LogP contribution is 2.42. The molecule has 1 saturated carbocycles. The molecule has 1 aromatic rings. The Bertz CT molecular complexity index is 427. The second-order valence-corrected chi connectivity index (χ2v) is 6.93. The van der Waals surface area contributed by atoms with E-state index in [-0.39, 0.29) is 5.60 Å². The van der Waals surface area contributed by atoms with Crippen LogP contribution in [-0.2, 0) is 4.74 Å². The Balaban J connectivity index is 1.59. The number of rotatable bonds is 3. The summed E-state index contributed by atoms with van der Waals surface area (Å²) in [7, 11) is 0. The van der Waals surface area contributed by atoms with Crippen molar-refractivity contribution in [2.75, 3.05) is 6.61 Å². The highest BCUT2D eigenvalue weighted by atomic mass is 79.9. The van der Waals surface area contributed by atoms with Crippen LogP contribution >= 0.6 is 15.9 Å². The number of hydrogen-bond donors (Lipinski definition) is 1. The molecule has 3 rings (SSSR count). The first-order chi connectivity index (χ1) is 9.17. The summed E-state index contributed by atoms with van der Waals surface area (Å²) in [6.45, 7) is 3.18. The van der Waals surface area contributed by atoms with E-state index in [0.717, 1.165) is 17.5 Å². The molecule has 0 bridgehead atoms. The van der Waals surface area contributed by atoms with Crippen LogP contribution in [0.25, 0.3) is 0 Å². The summed E-state index contributed by atoms with van der Waals surface area (Å²) in [6.07, 6.45) is 6.20. The predicted molar refractivity (Wildman–Crippen MR) is 81.2 cm³/mol. The number of hydrogen-bond acceptors (Lipinski definition) is 2. The first kappa shape index (κ1) is 13.6. The number of halogens is 1. The molecule has 1 unspecified atom stereocenters. The van der Waals surface area contributed by atoms with Gasteiger partial charge in [0.05, 0.1) is 5.60 Å². The molecule has 1 spiro atoms. The minimum absolute atomic E-state index is 0.232. The highest BCUT2D eigenvalue weighted by molar-refractivity contribution is 9.10. The fraction of sp³-hybridized carbons (Fsp3) is 0.625. The van der Waals surface area contributed by atoms with Gasteiger partial charge < -0.3 is 10.1 Å². The summed E-state index contributed by atoms with van der Waals surface area (Å²) in [5.74, 6) is 0. The minimum Gasteiger partial charge on any atom is -0.375 e. The van der Waals surface area contributed by atoms with Gasteiger partial charge in [-0.2, -0.15) is 0 Å². The van der Waals surface area contributed by atoms with Crippen molar-refractivity contribution in [2.24, 2.45) is 0 Å². The van der Waals surface area contributed by atoms with Crippen LogP contribution < -0.4 is 5.32 Å². The zero-order valence-corrected chi connectivity index (χ0v) is 13.1. The fourth-order valence-electron chi connectivity index (χ4n) is 3.29. The standard InChI is InChI=1S/C16H22BrNO/c1-12(13-3-5-14(17)6-4-13)18-15-7-10-19-16(11-15)8-2-9-16/h3-6,12,15,18H,2,7-11H2,1H3/t12-,15?/m1/s1. The molecule has 1 aliphatic carbocycles. The van der Waals surface area contributed by atoms with Gasteiger partial charge in [0, 0.05) is 23.2 Å². The zero-order valence-electron chi connectivity index (χ0n) is 11.5. The van der Waals surface area contributed by atoms with Crippen molar-refractivity contribution in [1.82, 2.24) is 5.32 Å². The summed E-state index contributed by atoms with van der Waals surface area (Å²) >= 11 is 3.49. The van der Waals surface area contributed by atoms with Gasteiger partial charge in [0.2, 0.25) is 0 Å². The van der Waals surface area contributed by atoms with Crippen LogP contribution in [0, 0.1) is 0 Å². The van der Waals surface area contributed by atoms with E-state index in [1.807, 2.05) is 0 Å². The molecule has 104 valence electrons. The normalized spacial score (nSPS) is 26.9. The summed E-state index contributed by atoms with van der Waals surface area (Å²) in [5, 5.41) is 3.78. The van der Waals surface area contributed by atoms with Gasteiger partial charge in [-0.15, -0.1) is 0 Å². The molecule has 1 aromatic carbocycles. The summed E-state index contributed by atoms with van der Waals surface area (Å²) in [6, 6.07) is 9.64. The molecule has 0 radical (unpaired) electrons. The maximum atomic E-state index is 5.99. The van der Waals surface area contributed by atoms with Crippen LogP contribution in [0.15, 0.2) is 28.7 Å². The van der Waals surface area contributed by atoms with E-state index in [4.69, 9.17) is 4.74 Å². The SMILES string of the molecule is C[C@@H](NC1CCOC2(CCC2)C1)c1ccc(Br)cc1. The third-order valence-electron chi connectivity index (χ3n) is 4.61. The average molecular weight is 324 g/mol. The van der Waals surface area contributed by atoms with E-state index in [0.29, 0.717) is 12.1 Å². The first-order valence-corrected chi connectivity index (χ1v) is 8.12. The van der Waals surface area contributed by atoms with Crippen molar-refractivity contribution in [2.45, 2.75) is 56.7 Å². The second-order valence-electron chi connectivity index (χ2n) is 6.01. The molecule has 2 fully saturated rings. The molecule has 2 aliphatic rings. The maximum absolute atomic E-state index is 5.99. The fourth-order valence-corrected chi connectivity index (χ4v) is 3.56. The van der Waals surface area contributed by atoms with E-state index in [9.17, 15) is 0 Å². The third kappa shape index (κ3) is 3.04. The van der Waals surface area contributed by atoms with Crippen molar-refractivity contribution in [3.8, 4) is 0 Å². The monoisotopic (exact) mass is 323 g/mol. The van der Waals surface area contributed by atoms with Crippen molar-refractivity contribution in [1.29, 1.82) is 0 Å². The summed E-state index contributed by atoms with van der Waals surface area (Å²) in [4.78, 5) is 0. The van der Waals surface area contributed by atoms with Crippen LogP contribution in [0.4, 0.5) is 0 Å². The summed E-state index contributed by atoms with van der Waals surface area (Å²) in [5.41, 5.74) is 1.59. The van der Waals surface area contributed by atoms with Gasteiger partial charge >= 0.3 is 0 Å². The van der Waals surface area contributed by atoms with Crippen LogP contribution in [0.2, 0.25) is 0 Å². The maximum Gasteiger partial charge on any atom is 0.0697 e. The van der Waals surface area contributed by atoms with Crippen LogP contribution in [0.1, 0.15) is 50.6 Å². The Kier molecular flexibility index (Phi) is 3.97. The lowest BCUT2D eigenvalue weighted by atomic mass is 9.74. The third-order valence-corrected chi connectivity index (χ3v) is 5.14. The van der Waals surface area contributed by atoms with Gasteiger partial charge in [-0.1, -0.05) is 28.1 Å². The molecular formula is C16H22BrNO. The highest BCUT2D eigenvalue weighted by Gasteiger charge is 2.42. The molecular weight excluding hydrogens is 302 g/mol. The van der Waals surface area contributed by atoms with Gasteiger partial charge in [-0.3, -0.25) is 0 Å². The Labute approximate surface area is 124 Å². The van der Waals surface area contributed by atoms with Crippen molar-refractivity contribution < 1.29 is 4.74 Å². The lowest BCUT2D eigenvalue weighted by Gasteiger charge is -2.47. The summed E-state index contributed by atoms with van der Waals surface area (Å²) < 4.78 is 7.13. The van der Waals surface area contributed by atoms with Crippen LogP contribution in [0.3, 0.4) is 0 Å². The van der Waals surface area contributed by atoms with Crippen LogP contribution in [-0.4, -0.2) is 18.2 Å². The lowest BCUT2D eigenvalue weighted by Crippen LogP contribution is -2.51. The van der Waals surface area contributed by atoms with Gasteiger partial charge in [0.25, 0.3) is 0 Å². The zero-order chi connectivity index (χ0) is 13.3. The van der Waals surface area contributed by atoms with Gasteiger partial charge in [-0.25, -0.2) is 0 Å². The Morgan fingerprint density at radius 1 is 1.32 bits per heavy atom. The smallest absolute Gasteiger partial charge is 0.0697 e. The van der Waals surface area contributed by atoms with Crippen LogP contribution in [0.5, 0.6) is 0 Å². The Morgan fingerprint density at radius 3 is 2.68 bits per heavy atom. The second kappa shape index (κ2) is 5.55. The molecule has 1 aliphatic heterocycles. The van der Waals surface area contributed by atoms with Gasteiger partial charge in [0.15, 0.2) is 0 Å². The molecule has 2 atom stereocenters. The number of ether oxygens (including phenoxy) is 1. The van der Waals surface area contributed by atoms with E-state index in [1.165, 1.54) is 31.2 Å². The Hall–Kier alpha value is -0.380. The predicted octanol–water partition coefficient (Wildman–Crippen LogP) is 4.20. The van der Waals surface area contributed by atoms with E-state index < -0.39 is 0 Å². The first-order valence-electron chi connectivity index (χ1n) is 7.32. The molecule has 1 saturated heterocycles. The largest absolute Gasteiger partial charge is 0.375 e. The quantitative estimate of drug-likeness (QED) is 0.900. The number of nitrogens with one attached hydrogen (secondary N) is 1. The van der Waals surface area contributed by atoms with E-state index in [1.54, 1.807) is 0 Å². The molecule has 0 amide bonds. The lowest BCUT2D eigenvalue weighted by molar-refractivity contribution is -0.136. The minimum atomic E-state index is 0.232. The topological polar surface area (TPSA) is 21.3 Å². The van der Waals surface area contributed by atoms with Crippen molar-refractivity contribution in [3.05, 3.63) is 34.3 Å². The van der Waals surface area contributed by atoms with Crippen molar-refractivity contribution in [3.63, 3.8) is 0 Å². The average Bonchev–Trinajstić information content (AvgIpc) is 2.38. The van der Waals surface area contributed by atoms with E-state index >= 15 is 0 Å². The molecule has 1 N–H and O–H groups in total. The molecule has 3 heteroatoms. The molecule has 0 aromatic heterocycles. The van der Waals surface area contributed by atoms with Crippen molar-refractivity contribution >= 4 is 15.9 Å². The number of benzene rings is 1. The van der Waals surface area contributed by atoms with E-state index in [2.05, 4.69) is 52.4 Å². The molecule has 1 heterocycles. The Morgan fingerprint density at radius 2 is 2.05 bits per heavy atom. The molecule has 19 heavy (non-hydrogen) atoms. The van der Waals surface area contributed by atoms with Gasteiger partial charge in [0.1, 0.15) is 0 Å².